The van der Waals surface area contributed by atoms with E-state index in [4.69, 9.17) is 18.9 Å². The van der Waals surface area contributed by atoms with Crippen LogP contribution in [0.2, 0.25) is 0 Å². The van der Waals surface area contributed by atoms with Gasteiger partial charge in [-0.05, 0) is 13.8 Å². The molecule has 8 heteroatoms. The molecule has 0 aliphatic carbocycles. The number of rotatable bonds is 12. The molecule has 0 N–H and O–H groups in total. The van der Waals surface area contributed by atoms with Crippen molar-refractivity contribution in [3.05, 3.63) is 49.6 Å². The number of carbonyl (C=O) groups excluding carboxylic acids is 4. The lowest BCUT2D eigenvalue weighted by molar-refractivity contribution is -0.164. The van der Waals surface area contributed by atoms with Crippen LogP contribution in [0.5, 0.6) is 0 Å². The molecule has 0 fully saturated rings. The van der Waals surface area contributed by atoms with Gasteiger partial charge in [-0.25, -0.2) is 19.2 Å². The van der Waals surface area contributed by atoms with E-state index in [9.17, 15) is 19.2 Å². The molecule has 0 unspecified atom stereocenters. The zero-order valence-corrected chi connectivity index (χ0v) is 15.6. The molecule has 0 aliphatic heterocycles. The number of hydrogen-bond donors (Lipinski definition) is 0. The van der Waals surface area contributed by atoms with E-state index in [2.05, 4.69) is 26.3 Å². The number of carbonyl (C=O) groups is 4. The summed E-state index contributed by atoms with van der Waals surface area (Å²) in [4.78, 5) is 46.3. The molecular weight excluding hydrogens is 356 g/mol. The van der Waals surface area contributed by atoms with E-state index in [1.165, 1.54) is 13.8 Å². The third-order valence-corrected chi connectivity index (χ3v) is 3.09. The van der Waals surface area contributed by atoms with Crippen molar-refractivity contribution in [2.45, 2.75) is 13.8 Å². The van der Waals surface area contributed by atoms with Crippen molar-refractivity contribution in [2.75, 3.05) is 26.4 Å². The summed E-state index contributed by atoms with van der Waals surface area (Å²) < 4.78 is 20.2. The fourth-order valence-corrected chi connectivity index (χ4v) is 1.50. The van der Waals surface area contributed by atoms with E-state index in [1.807, 2.05) is 0 Å². The van der Waals surface area contributed by atoms with E-state index in [-0.39, 0.29) is 37.6 Å². The van der Waals surface area contributed by atoms with Gasteiger partial charge in [-0.3, -0.25) is 0 Å². The first kappa shape index (κ1) is 23.8. The quantitative estimate of drug-likeness (QED) is 0.286. The van der Waals surface area contributed by atoms with Gasteiger partial charge in [0.05, 0.1) is 0 Å². The van der Waals surface area contributed by atoms with Gasteiger partial charge in [0, 0.05) is 23.3 Å². The lowest BCUT2D eigenvalue weighted by Gasteiger charge is -2.31. The van der Waals surface area contributed by atoms with Crippen LogP contribution in [0.3, 0.4) is 0 Å². The van der Waals surface area contributed by atoms with Crippen LogP contribution in [0.4, 0.5) is 0 Å². The minimum atomic E-state index is -1.35. The highest BCUT2D eigenvalue weighted by Gasteiger charge is 2.37. The Morgan fingerprint density at radius 3 is 1.26 bits per heavy atom. The first-order valence-electron chi connectivity index (χ1n) is 7.80. The van der Waals surface area contributed by atoms with Crippen molar-refractivity contribution in [3.63, 3.8) is 0 Å². The summed E-state index contributed by atoms with van der Waals surface area (Å²) in [5.74, 6) is -2.94. The Morgan fingerprint density at radius 1 is 0.704 bits per heavy atom. The molecule has 0 aromatic rings. The van der Waals surface area contributed by atoms with E-state index < -0.39 is 29.3 Å². The molecular formula is C19H24O8. The third-order valence-electron chi connectivity index (χ3n) is 3.09. The molecule has 0 radical (unpaired) electrons. The summed E-state index contributed by atoms with van der Waals surface area (Å²) in [6.07, 6.45) is 1.86. The standard InChI is InChI=1S/C19H24O8/c1-7-15(20)24-9-19(10-25-16(21)8-2,11-26-17(22)13(3)4)12-27-18(23)14(5)6/h7-8H,1-3,5,9-12H2,4,6H3. The van der Waals surface area contributed by atoms with E-state index in [0.717, 1.165) is 12.2 Å². The van der Waals surface area contributed by atoms with Gasteiger partial charge in [0.2, 0.25) is 0 Å². The summed E-state index contributed by atoms with van der Waals surface area (Å²) in [5.41, 5.74) is -1.09. The Balaban J connectivity index is 5.53. The number of esters is 4. The zero-order chi connectivity index (χ0) is 21.0. The fourth-order valence-electron chi connectivity index (χ4n) is 1.50. The zero-order valence-electron chi connectivity index (χ0n) is 15.6. The molecule has 0 heterocycles. The van der Waals surface area contributed by atoms with Crippen LogP contribution < -0.4 is 0 Å². The van der Waals surface area contributed by atoms with Crippen molar-refractivity contribution in [2.24, 2.45) is 5.41 Å². The summed E-state index contributed by atoms with van der Waals surface area (Å²) in [6, 6.07) is 0. The first-order valence-corrected chi connectivity index (χ1v) is 7.80. The third kappa shape index (κ3) is 9.20. The van der Waals surface area contributed by atoms with Crippen LogP contribution in [0.15, 0.2) is 49.6 Å². The Morgan fingerprint density at radius 2 is 1.00 bits per heavy atom. The number of hydrogen-bond acceptors (Lipinski definition) is 8. The van der Waals surface area contributed by atoms with E-state index in [1.54, 1.807) is 0 Å². The lowest BCUT2D eigenvalue weighted by Crippen LogP contribution is -2.43. The maximum absolute atomic E-state index is 11.7. The summed E-state index contributed by atoms with van der Waals surface area (Å²) >= 11 is 0. The monoisotopic (exact) mass is 380 g/mol. The maximum atomic E-state index is 11.7. The van der Waals surface area contributed by atoms with E-state index in [0.29, 0.717) is 0 Å². The van der Waals surface area contributed by atoms with Gasteiger partial charge < -0.3 is 18.9 Å². The molecule has 8 nitrogen and oxygen atoms in total. The predicted molar refractivity (Wildman–Crippen MR) is 96.3 cm³/mol. The van der Waals surface area contributed by atoms with Crippen LogP contribution in [0.1, 0.15) is 13.8 Å². The smallest absolute Gasteiger partial charge is 0.333 e. The second kappa shape index (κ2) is 11.5. The second-order valence-corrected chi connectivity index (χ2v) is 5.84. The van der Waals surface area contributed by atoms with Gasteiger partial charge in [0.1, 0.15) is 31.8 Å². The van der Waals surface area contributed by atoms with Crippen molar-refractivity contribution in [1.29, 1.82) is 0 Å². The Labute approximate surface area is 158 Å². The van der Waals surface area contributed by atoms with E-state index >= 15 is 0 Å². The van der Waals surface area contributed by atoms with Gasteiger partial charge in [-0.1, -0.05) is 26.3 Å². The largest absolute Gasteiger partial charge is 0.462 e. The second-order valence-electron chi connectivity index (χ2n) is 5.84. The Kier molecular flexibility index (Phi) is 10.1. The van der Waals surface area contributed by atoms with Crippen LogP contribution in [0.25, 0.3) is 0 Å². The molecule has 0 aromatic heterocycles. The van der Waals surface area contributed by atoms with Crippen molar-refractivity contribution < 1.29 is 38.1 Å². The van der Waals surface area contributed by atoms with Gasteiger partial charge in [0.25, 0.3) is 0 Å². The van der Waals surface area contributed by atoms with Crippen molar-refractivity contribution >= 4 is 23.9 Å². The van der Waals surface area contributed by atoms with Crippen molar-refractivity contribution in [3.8, 4) is 0 Å². The minimum absolute atomic E-state index is 0.133. The SMILES string of the molecule is C=CC(=O)OCC(COC(=O)C=C)(COC(=O)C(=C)C)COC(=O)C(=C)C. The molecule has 148 valence electrons. The highest BCUT2D eigenvalue weighted by atomic mass is 16.6. The first-order chi connectivity index (χ1) is 12.6. The van der Waals surface area contributed by atoms with Gasteiger partial charge in [-0.2, -0.15) is 0 Å². The summed E-state index contributed by atoms with van der Waals surface area (Å²) in [5, 5.41) is 0. The van der Waals surface area contributed by atoms with Gasteiger partial charge in [0.15, 0.2) is 0 Å². The average molecular weight is 380 g/mol. The number of ether oxygens (including phenoxy) is 4. The molecule has 0 aliphatic rings. The molecule has 0 rings (SSSR count). The topological polar surface area (TPSA) is 105 Å². The molecule has 0 aromatic carbocycles. The molecule has 0 atom stereocenters. The molecule has 0 amide bonds. The lowest BCUT2D eigenvalue weighted by atomic mass is 9.92. The molecule has 27 heavy (non-hydrogen) atoms. The van der Waals surface area contributed by atoms with Crippen LogP contribution in [-0.2, 0) is 38.1 Å². The molecule has 0 saturated carbocycles. The predicted octanol–water partition coefficient (Wildman–Crippen LogP) is 1.67. The van der Waals surface area contributed by atoms with Gasteiger partial charge in [-0.15, -0.1) is 0 Å². The Hall–Kier alpha value is -3.16. The van der Waals surface area contributed by atoms with Crippen molar-refractivity contribution in [1.82, 2.24) is 0 Å². The highest BCUT2D eigenvalue weighted by Crippen LogP contribution is 2.22. The minimum Gasteiger partial charge on any atom is -0.462 e. The van der Waals surface area contributed by atoms with Gasteiger partial charge >= 0.3 is 23.9 Å². The normalized spacial score (nSPS) is 10.1. The average Bonchev–Trinajstić information content (AvgIpc) is 2.65. The molecule has 0 bridgehead atoms. The Bertz CT molecular complexity index is 588. The van der Waals surface area contributed by atoms with Crippen LogP contribution in [0, 0.1) is 5.41 Å². The maximum Gasteiger partial charge on any atom is 0.333 e. The van der Waals surface area contributed by atoms with Crippen LogP contribution >= 0.6 is 0 Å². The molecule has 0 spiro atoms. The van der Waals surface area contributed by atoms with Crippen LogP contribution in [-0.4, -0.2) is 50.3 Å². The fraction of sp³-hybridized carbons (Fsp3) is 0.368. The highest BCUT2D eigenvalue weighted by molar-refractivity contribution is 5.87. The summed E-state index contributed by atoms with van der Waals surface area (Å²) in [7, 11) is 0. The molecule has 0 saturated heterocycles. The summed E-state index contributed by atoms with van der Waals surface area (Å²) in [6.45, 7) is 14.8.